The van der Waals surface area contributed by atoms with Crippen molar-refractivity contribution in [2.75, 3.05) is 13.2 Å². The second-order valence-electron chi connectivity index (χ2n) is 4.85. The maximum absolute atomic E-state index is 11.1. The number of ether oxygens (including phenoxy) is 2. The van der Waals surface area contributed by atoms with E-state index in [-0.39, 0.29) is 12.1 Å². The first-order valence-corrected chi connectivity index (χ1v) is 7.09. The summed E-state index contributed by atoms with van der Waals surface area (Å²) in [6, 6.07) is 7.35. The zero-order chi connectivity index (χ0) is 14.2. The molecule has 1 unspecified atom stereocenters. The fourth-order valence-electron chi connectivity index (χ4n) is 2.04. The van der Waals surface area contributed by atoms with E-state index in [4.69, 9.17) is 9.47 Å². The van der Waals surface area contributed by atoms with Gasteiger partial charge in [-0.05, 0) is 38.3 Å². The van der Waals surface area contributed by atoms with E-state index in [1.165, 1.54) is 6.42 Å². The van der Waals surface area contributed by atoms with Gasteiger partial charge < -0.3 is 9.47 Å². The average Bonchev–Trinajstić information content (AvgIpc) is 2.48. The van der Waals surface area contributed by atoms with Gasteiger partial charge in [0.2, 0.25) is 0 Å². The Kier molecular flexibility index (Phi) is 5.79. The van der Waals surface area contributed by atoms with Crippen molar-refractivity contribution < 1.29 is 14.3 Å². The minimum atomic E-state index is -0.0413. The van der Waals surface area contributed by atoms with Crippen LogP contribution >= 0.6 is 0 Å². The van der Waals surface area contributed by atoms with Crippen LogP contribution in [0.5, 0.6) is 0 Å². The van der Waals surface area contributed by atoms with Crippen LogP contribution in [-0.4, -0.2) is 25.3 Å². The lowest BCUT2D eigenvalue weighted by Gasteiger charge is -2.22. The molecule has 1 heterocycles. The molecule has 0 radical (unpaired) electrons. The predicted molar refractivity (Wildman–Crippen MR) is 77.5 cm³/mol. The number of benzene rings is 1. The molecular weight excluding hydrogens is 252 g/mol. The lowest BCUT2D eigenvalue weighted by atomic mass is 10.1. The lowest BCUT2D eigenvalue weighted by molar-refractivity contribution is -0.161. The molecule has 0 aromatic heterocycles. The molecule has 1 aliphatic heterocycles. The standard InChI is InChI=1S/C17H20O3/c1-14(18)16-10-8-15(9-11-16)6-2-4-12-19-17-7-3-5-13-20-17/h8-11,17H,3-5,7,12-13H2,1H3. The van der Waals surface area contributed by atoms with Gasteiger partial charge in [-0.3, -0.25) is 4.79 Å². The van der Waals surface area contributed by atoms with Crippen LogP contribution in [0.25, 0.3) is 0 Å². The van der Waals surface area contributed by atoms with Gasteiger partial charge in [-0.15, -0.1) is 0 Å². The van der Waals surface area contributed by atoms with Crippen molar-refractivity contribution in [3.8, 4) is 11.8 Å². The smallest absolute Gasteiger partial charge is 0.159 e. The van der Waals surface area contributed by atoms with Gasteiger partial charge in [0, 0.05) is 24.2 Å². The summed E-state index contributed by atoms with van der Waals surface area (Å²) in [5.74, 6) is 6.22. The van der Waals surface area contributed by atoms with Crippen molar-refractivity contribution in [3.05, 3.63) is 35.4 Å². The molecule has 1 atom stereocenters. The zero-order valence-corrected chi connectivity index (χ0v) is 11.9. The molecule has 0 N–H and O–H groups in total. The molecule has 1 aromatic rings. The summed E-state index contributed by atoms with van der Waals surface area (Å²) >= 11 is 0. The number of rotatable bonds is 4. The first kappa shape index (κ1) is 14.8. The molecule has 106 valence electrons. The van der Waals surface area contributed by atoms with E-state index in [0.717, 1.165) is 25.0 Å². The summed E-state index contributed by atoms with van der Waals surface area (Å²) in [5, 5.41) is 0. The van der Waals surface area contributed by atoms with Crippen molar-refractivity contribution in [2.45, 2.75) is 38.9 Å². The minimum Gasteiger partial charge on any atom is -0.353 e. The Bertz CT molecular complexity index is 487. The van der Waals surface area contributed by atoms with Gasteiger partial charge in [0.15, 0.2) is 12.1 Å². The van der Waals surface area contributed by atoms with E-state index in [1.807, 2.05) is 12.1 Å². The van der Waals surface area contributed by atoms with Gasteiger partial charge in [0.05, 0.1) is 6.61 Å². The first-order valence-electron chi connectivity index (χ1n) is 7.09. The van der Waals surface area contributed by atoms with E-state index in [0.29, 0.717) is 18.6 Å². The SMILES string of the molecule is CC(=O)c1ccc(C#CCCOC2CCCCO2)cc1. The van der Waals surface area contributed by atoms with Crippen molar-refractivity contribution in [2.24, 2.45) is 0 Å². The molecule has 3 nitrogen and oxygen atoms in total. The summed E-state index contributed by atoms with van der Waals surface area (Å²) in [6.45, 7) is 2.97. The van der Waals surface area contributed by atoms with Crippen LogP contribution in [0.4, 0.5) is 0 Å². The van der Waals surface area contributed by atoms with E-state index < -0.39 is 0 Å². The van der Waals surface area contributed by atoms with Gasteiger partial charge in [-0.25, -0.2) is 0 Å². The highest BCUT2D eigenvalue weighted by atomic mass is 16.7. The van der Waals surface area contributed by atoms with Crippen LogP contribution in [-0.2, 0) is 9.47 Å². The highest BCUT2D eigenvalue weighted by Gasteiger charge is 2.12. The molecule has 0 aliphatic carbocycles. The number of hydrogen-bond acceptors (Lipinski definition) is 3. The molecular formula is C17H20O3. The Morgan fingerprint density at radius 2 is 2.15 bits per heavy atom. The highest BCUT2D eigenvalue weighted by molar-refractivity contribution is 5.94. The van der Waals surface area contributed by atoms with Crippen molar-refractivity contribution in [3.63, 3.8) is 0 Å². The second-order valence-corrected chi connectivity index (χ2v) is 4.85. The van der Waals surface area contributed by atoms with Crippen molar-refractivity contribution in [1.29, 1.82) is 0 Å². The fourth-order valence-corrected chi connectivity index (χ4v) is 2.04. The Labute approximate surface area is 120 Å². The Morgan fingerprint density at radius 1 is 1.35 bits per heavy atom. The fraction of sp³-hybridized carbons (Fsp3) is 0.471. The lowest BCUT2D eigenvalue weighted by Crippen LogP contribution is -2.22. The highest BCUT2D eigenvalue weighted by Crippen LogP contribution is 2.13. The summed E-state index contributed by atoms with van der Waals surface area (Å²) in [5.41, 5.74) is 1.64. The molecule has 0 amide bonds. The molecule has 2 rings (SSSR count). The minimum absolute atomic E-state index is 0.0413. The van der Waals surface area contributed by atoms with E-state index >= 15 is 0 Å². The molecule has 20 heavy (non-hydrogen) atoms. The topological polar surface area (TPSA) is 35.5 Å². The van der Waals surface area contributed by atoms with Crippen LogP contribution in [0.2, 0.25) is 0 Å². The molecule has 0 bridgehead atoms. The third kappa shape index (κ3) is 4.80. The second kappa shape index (κ2) is 7.84. The quantitative estimate of drug-likeness (QED) is 0.480. The van der Waals surface area contributed by atoms with E-state index in [1.54, 1.807) is 19.1 Å². The normalized spacial score (nSPS) is 18.1. The molecule has 1 fully saturated rings. The maximum Gasteiger partial charge on any atom is 0.159 e. The largest absolute Gasteiger partial charge is 0.353 e. The molecule has 0 spiro atoms. The first-order chi connectivity index (χ1) is 9.75. The average molecular weight is 272 g/mol. The van der Waals surface area contributed by atoms with E-state index in [2.05, 4.69) is 11.8 Å². The third-order valence-electron chi connectivity index (χ3n) is 3.19. The number of hydrogen-bond donors (Lipinski definition) is 0. The van der Waals surface area contributed by atoms with Crippen LogP contribution in [0.1, 0.15) is 48.5 Å². The number of carbonyl (C=O) groups is 1. The summed E-state index contributed by atoms with van der Waals surface area (Å²) in [7, 11) is 0. The van der Waals surface area contributed by atoms with Gasteiger partial charge in [-0.1, -0.05) is 24.0 Å². The Hall–Kier alpha value is -1.63. The molecule has 1 aromatic carbocycles. The van der Waals surface area contributed by atoms with Gasteiger partial charge in [-0.2, -0.15) is 0 Å². The van der Waals surface area contributed by atoms with Crippen LogP contribution in [0, 0.1) is 11.8 Å². The van der Waals surface area contributed by atoms with Crippen LogP contribution in [0.15, 0.2) is 24.3 Å². The predicted octanol–water partition coefficient (Wildman–Crippen LogP) is 3.17. The molecule has 0 saturated carbocycles. The van der Waals surface area contributed by atoms with Gasteiger partial charge >= 0.3 is 0 Å². The number of ketones is 1. The van der Waals surface area contributed by atoms with Crippen LogP contribution in [0.3, 0.4) is 0 Å². The zero-order valence-electron chi connectivity index (χ0n) is 11.9. The van der Waals surface area contributed by atoms with Crippen LogP contribution < -0.4 is 0 Å². The number of carbonyl (C=O) groups excluding carboxylic acids is 1. The van der Waals surface area contributed by atoms with Crippen molar-refractivity contribution >= 4 is 5.78 Å². The third-order valence-corrected chi connectivity index (χ3v) is 3.19. The Balaban J connectivity index is 1.72. The van der Waals surface area contributed by atoms with Crippen molar-refractivity contribution in [1.82, 2.24) is 0 Å². The Morgan fingerprint density at radius 3 is 2.80 bits per heavy atom. The van der Waals surface area contributed by atoms with Gasteiger partial charge in [0.1, 0.15) is 0 Å². The maximum atomic E-state index is 11.1. The summed E-state index contributed by atoms with van der Waals surface area (Å²) in [4.78, 5) is 11.1. The molecule has 3 heteroatoms. The summed E-state index contributed by atoms with van der Waals surface area (Å²) in [6.07, 6.45) is 3.95. The monoisotopic (exact) mass is 272 g/mol. The molecule has 1 aliphatic rings. The number of Topliss-reactive ketones (excluding diaryl/α,β-unsaturated/α-hetero) is 1. The summed E-state index contributed by atoms with van der Waals surface area (Å²) < 4.78 is 11.1. The molecule has 1 saturated heterocycles. The van der Waals surface area contributed by atoms with Gasteiger partial charge in [0.25, 0.3) is 0 Å². The van der Waals surface area contributed by atoms with E-state index in [9.17, 15) is 4.79 Å².